The summed E-state index contributed by atoms with van der Waals surface area (Å²) in [6.07, 6.45) is 6.08. The first-order valence-electron chi connectivity index (χ1n) is 10.0. The van der Waals surface area contributed by atoms with Crippen molar-refractivity contribution in [1.82, 2.24) is 10.8 Å². The fraction of sp³-hybridized carbons (Fsp3) is 0.571. The van der Waals surface area contributed by atoms with E-state index in [1.165, 1.54) is 0 Å². The molecule has 156 valence electrons. The first-order chi connectivity index (χ1) is 13.4. The van der Waals surface area contributed by atoms with Gasteiger partial charge in [0.15, 0.2) is 0 Å². The lowest BCUT2D eigenvalue weighted by molar-refractivity contribution is -0.129. The van der Waals surface area contributed by atoms with Crippen LogP contribution in [-0.2, 0) is 20.8 Å². The van der Waals surface area contributed by atoms with Crippen LogP contribution in [0.5, 0.6) is 0 Å². The van der Waals surface area contributed by atoms with Crippen molar-refractivity contribution in [2.75, 3.05) is 5.32 Å². The molecule has 1 aromatic rings. The van der Waals surface area contributed by atoms with Crippen LogP contribution in [0.25, 0.3) is 0 Å². The Hall–Kier alpha value is -2.41. The van der Waals surface area contributed by atoms with Crippen molar-refractivity contribution >= 4 is 23.4 Å². The van der Waals surface area contributed by atoms with Crippen LogP contribution in [0.1, 0.15) is 70.8 Å². The highest BCUT2D eigenvalue weighted by molar-refractivity contribution is 5.90. The van der Waals surface area contributed by atoms with Crippen LogP contribution in [0.4, 0.5) is 5.69 Å². The monoisotopic (exact) mass is 391 g/mol. The van der Waals surface area contributed by atoms with Gasteiger partial charge in [0.1, 0.15) is 0 Å². The molecule has 0 saturated carbocycles. The number of nitrogens with one attached hydrogen (secondary N) is 3. The summed E-state index contributed by atoms with van der Waals surface area (Å²) >= 11 is 0. The zero-order chi connectivity index (χ0) is 20.8. The molecule has 3 amide bonds. The molecule has 0 bridgehead atoms. The van der Waals surface area contributed by atoms with Gasteiger partial charge in [0.2, 0.25) is 17.7 Å². The van der Waals surface area contributed by atoms with Gasteiger partial charge in [-0.3, -0.25) is 19.6 Å². The molecule has 28 heavy (non-hydrogen) atoms. The van der Waals surface area contributed by atoms with Gasteiger partial charge in [-0.25, -0.2) is 5.48 Å². The van der Waals surface area contributed by atoms with Gasteiger partial charge in [-0.2, -0.15) is 0 Å². The third-order valence-corrected chi connectivity index (χ3v) is 4.24. The molecule has 0 aliphatic heterocycles. The zero-order valence-corrected chi connectivity index (χ0v) is 16.9. The number of carbonyl (C=O) groups excluding carboxylic acids is 3. The summed E-state index contributed by atoms with van der Waals surface area (Å²) in [6.45, 7) is 3.90. The molecule has 0 saturated heterocycles. The van der Waals surface area contributed by atoms with Crippen molar-refractivity contribution in [2.24, 2.45) is 0 Å². The first-order valence-corrected chi connectivity index (χ1v) is 10.0. The smallest absolute Gasteiger partial charge is 0.243 e. The van der Waals surface area contributed by atoms with E-state index in [2.05, 4.69) is 10.6 Å². The molecule has 7 nitrogen and oxygen atoms in total. The Balaban J connectivity index is 2.18. The quantitative estimate of drug-likeness (QED) is 0.235. The fourth-order valence-electron chi connectivity index (χ4n) is 2.81. The summed E-state index contributed by atoms with van der Waals surface area (Å²) < 4.78 is 0. The average Bonchev–Trinajstić information content (AvgIpc) is 2.65. The highest BCUT2D eigenvalue weighted by atomic mass is 16.5. The van der Waals surface area contributed by atoms with E-state index >= 15 is 0 Å². The summed E-state index contributed by atoms with van der Waals surface area (Å²) in [5, 5.41) is 14.2. The molecule has 0 aromatic heterocycles. The minimum absolute atomic E-state index is 0.0220. The molecule has 0 aliphatic carbocycles. The van der Waals surface area contributed by atoms with Crippen molar-refractivity contribution < 1.29 is 19.6 Å². The van der Waals surface area contributed by atoms with E-state index in [1.54, 1.807) is 5.48 Å². The lowest BCUT2D eigenvalue weighted by Gasteiger charge is -2.09. The topological polar surface area (TPSA) is 108 Å². The van der Waals surface area contributed by atoms with Crippen LogP contribution in [0.2, 0.25) is 0 Å². The van der Waals surface area contributed by atoms with Crippen LogP contribution < -0.4 is 16.1 Å². The molecule has 0 unspecified atom stereocenters. The van der Waals surface area contributed by atoms with E-state index in [0.717, 1.165) is 43.4 Å². The lowest BCUT2D eigenvalue weighted by Crippen LogP contribution is -2.29. The summed E-state index contributed by atoms with van der Waals surface area (Å²) in [5.41, 5.74) is 3.52. The molecule has 4 N–H and O–H groups in total. The summed E-state index contributed by atoms with van der Waals surface area (Å²) in [4.78, 5) is 34.5. The standard InChI is InChI=1S/C21H33N3O4/c1-16(2)22-19(25)11-7-8-17-12-14-18(15-13-17)23-20(26)9-5-3-4-6-10-21(27)24-28/h12-16,28H,3-11H2,1-2H3,(H,22,25)(H,23,26)(H,24,27). The molecule has 0 radical (unpaired) electrons. The third-order valence-electron chi connectivity index (χ3n) is 4.24. The molecule has 1 rings (SSSR count). The number of aryl methyl sites for hydroxylation is 1. The Labute approximate surface area is 167 Å². The van der Waals surface area contributed by atoms with Gasteiger partial charge in [0.05, 0.1) is 0 Å². The number of hydrogen-bond donors (Lipinski definition) is 4. The second kappa shape index (κ2) is 13.7. The normalized spacial score (nSPS) is 10.6. The Morgan fingerprint density at radius 2 is 1.39 bits per heavy atom. The second-order valence-electron chi connectivity index (χ2n) is 7.27. The second-order valence-corrected chi connectivity index (χ2v) is 7.27. The lowest BCUT2D eigenvalue weighted by atomic mass is 10.1. The number of carbonyl (C=O) groups is 3. The van der Waals surface area contributed by atoms with Gasteiger partial charge >= 0.3 is 0 Å². The van der Waals surface area contributed by atoms with Crippen LogP contribution in [0.3, 0.4) is 0 Å². The van der Waals surface area contributed by atoms with Gasteiger partial charge in [-0.05, 0) is 57.2 Å². The predicted molar refractivity (Wildman–Crippen MR) is 109 cm³/mol. The SMILES string of the molecule is CC(C)NC(=O)CCCc1ccc(NC(=O)CCCCCCC(=O)NO)cc1. The highest BCUT2D eigenvalue weighted by Crippen LogP contribution is 2.13. The maximum absolute atomic E-state index is 12.0. The predicted octanol–water partition coefficient (Wildman–Crippen LogP) is 3.32. The molecular formula is C21H33N3O4. The Morgan fingerprint density at radius 1 is 0.821 bits per heavy atom. The number of anilines is 1. The molecule has 1 aromatic carbocycles. The number of hydroxylamine groups is 1. The molecule has 0 heterocycles. The summed E-state index contributed by atoms with van der Waals surface area (Å²) in [5.74, 6) is -0.318. The molecule has 0 atom stereocenters. The third kappa shape index (κ3) is 11.3. The van der Waals surface area contributed by atoms with Gasteiger partial charge < -0.3 is 10.6 Å². The maximum atomic E-state index is 12.0. The summed E-state index contributed by atoms with van der Waals surface area (Å²) in [7, 11) is 0. The number of hydrogen-bond acceptors (Lipinski definition) is 4. The maximum Gasteiger partial charge on any atom is 0.243 e. The Bertz CT molecular complexity index is 615. The minimum atomic E-state index is -0.375. The minimum Gasteiger partial charge on any atom is -0.354 e. The van der Waals surface area contributed by atoms with Crippen molar-refractivity contribution in [3.63, 3.8) is 0 Å². The van der Waals surface area contributed by atoms with E-state index in [9.17, 15) is 14.4 Å². The van der Waals surface area contributed by atoms with Crippen LogP contribution >= 0.6 is 0 Å². The van der Waals surface area contributed by atoms with Gasteiger partial charge in [-0.1, -0.05) is 25.0 Å². The van der Waals surface area contributed by atoms with Gasteiger partial charge in [-0.15, -0.1) is 0 Å². The van der Waals surface area contributed by atoms with Crippen molar-refractivity contribution in [3.05, 3.63) is 29.8 Å². The Morgan fingerprint density at radius 3 is 1.96 bits per heavy atom. The molecular weight excluding hydrogens is 358 g/mol. The van der Waals surface area contributed by atoms with Crippen molar-refractivity contribution in [3.8, 4) is 0 Å². The van der Waals surface area contributed by atoms with E-state index in [0.29, 0.717) is 25.7 Å². The van der Waals surface area contributed by atoms with Crippen LogP contribution in [0, 0.1) is 0 Å². The molecule has 0 spiro atoms. The van der Waals surface area contributed by atoms with E-state index in [1.807, 2.05) is 38.1 Å². The molecule has 0 fully saturated rings. The van der Waals surface area contributed by atoms with E-state index < -0.39 is 0 Å². The van der Waals surface area contributed by atoms with Gasteiger partial charge in [0, 0.05) is 31.0 Å². The average molecular weight is 392 g/mol. The van der Waals surface area contributed by atoms with E-state index in [-0.39, 0.29) is 23.8 Å². The number of unbranched alkanes of at least 4 members (excludes halogenated alkanes) is 3. The summed E-state index contributed by atoms with van der Waals surface area (Å²) in [6, 6.07) is 7.89. The Kier molecular flexibility index (Phi) is 11.6. The number of benzene rings is 1. The first kappa shape index (κ1) is 23.6. The largest absolute Gasteiger partial charge is 0.354 e. The fourth-order valence-corrected chi connectivity index (χ4v) is 2.81. The molecule has 0 aliphatic rings. The van der Waals surface area contributed by atoms with Crippen molar-refractivity contribution in [2.45, 2.75) is 77.7 Å². The zero-order valence-electron chi connectivity index (χ0n) is 16.9. The molecule has 7 heteroatoms. The van der Waals surface area contributed by atoms with Gasteiger partial charge in [0.25, 0.3) is 0 Å². The highest BCUT2D eigenvalue weighted by Gasteiger charge is 2.05. The number of amides is 3. The number of rotatable bonds is 13. The van der Waals surface area contributed by atoms with Crippen LogP contribution in [0.15, 0.2) is 24.3 Å². The van der Waals surface area contributed by atoms with E-state index in [4.69, 9.17) is 5.21 Å². The van der Waals surface area contributed by atoms with Crippen LogP contribution in [-0.4, -0.2) is 29.0 Å². The van der Waals surface area contributed by atoms with Crippen molar-refractivity contribution in [1.29, 1.82) is 0 Å².